The van der Waals surface area contributed by atoms with Crippen molar-refractivity contribution in [3.63, 3.8) is 0 Å². The molecule has 92 valence electrons. The second kappa shape index (κ2) is 6.03. The van der Waals surface area contributed by atoms with Gasteiger partial charge in [-0.1, -0.05) is 6.07 Å². The van der Waals surface area contributed by atoms with Crippen molar-refractivity contribution in [1.82, 2.24) is 0 Å². The molecule has 0 amide bonds. The Kier molecular flexibility index (Phi) is 4.69. The van der Waals surface area contributed by atoms with Crippen LogP contribution in [0.25, 0.3) is 6.08 Å². The molecule has 0 saturated heterocycles. The van der Waals surface area contributed by atoms with Gasteiger partial charge in [0, 0.05) is 6.08 Å². The Morgan fingerprint density at radius 3 is 2.76 bits per heavy atom. The molecule has 0 heterocycles. The van der Waals surface area contributed by atoms with E-state index in [1.54, 1.807) is 19.9 Å². The fourth-order valence-corrected chi connectivity index (χ4v) is 1.36. The zero-order valence-corrected chi connectivity index (χ0v) is 10.1. The summed E-state index contributed by atoms with van der Waals surface area (Å²) in [7, 11) is 1.41. The van der Waals surface area contributed by atoms with Crippen LogP contribution in [0.3, 0.4) is 0 Å². The number of rotatable bonds is 4. The number of hydrogen-bond acceptors (Lipinski definition) is 3. The second-order valence-corrected chi connectivity index (χ2v) is 3.38. The van der Waals surface area contributed by atoms with Gasteiger partial charge in [-0.15, -0.1) is 0 Å². The number of methoxy groups -OCH3 is 1. The third kappa shape index (κ3) is 3.31. The third-order valence-corrected chi connectivity index (χ3v) is 2.30. The molecular formula is C13H15FO3. The van der Waals surface area contributed by atoms with Gasteiger partial charge in [0.25, 0.3) is 0 Å². The van der Waals surface area contributed by atoms with Crippen LogP contribution >= 0.6 is 0 Å². The lowest BCUT2D eigenvalue weighted by atomic mass is 10.1. The van der Waals surface area contributed by atoms with Crippen LogP contribution in [0.1, 0.15) is 18.1 Å². The van der Waals surface area contributed by atoms with E-state index in [9.17, 15) is 9.18 Å². The Hall–Kier alpha value is -1.84. The first-order chi connectivity index (χ1) is 8.10. The summed E-state index contributed by atoms with van der Waals surface area (Å²) < 4.78 is 23.2. The van der Waals surface area contributed by atoms with Crippen LogP contribution in [-0.4, -0.2) is 19.7 Å². The maximum atomic E-state index is 13.7. The fraction of sp³-hybridized carbons (Fsp3) is 0.308. The van der Waals surface area contributed by atoms with E-state index in [4.69, 9.17) is 9.47 Å². The van der Waals surface area contributed by atoms with Crippen LogP contribution in [0.4, 0.5) is 4.39 Å². The molecule has 0 N–H and O–H groups in total. The Morgan fingerprint density at radius 1 is 1.47 bits per heavy atom. The van der Waals surface area contributed by atoms with E-state index in [0.717, 1.165) is 0 Å². The highest BCUT2D eigenvalue weighted by atomic mass is 19.1. The minimum atomic E-state index is -0.442. The van der Waals surface area contributed by atoms with Gasteiger partial charge in [-0.3, -0.25) is 0 Å². The van der Waals surface area contributed by atoms with Crippen LogP contribution in [0.2, 0.25) is 0 Å². The topological polar surface area (TPSA) is 35.5 Å². The van der Waals surface area contributed by atoms with Gasteiger partial charge in [-0.05, 0) is 37.1 Å². The zero-order chi connectivity index (χ0) is 12.8. The molecule has 0 unspecified atom stereocenters. The molecule has 1 aromatic rings. The molecule has 4 heteroatoms. The predicted molar refractivity (Wildman–Crippen MR) is 63.4 cm³/mol. The zero-order valence-electron chi connectivity index (χ0n) is 10.1. The number of hydrogen-bond donors (Lipinski definition) is 0. The van der Waals surface area contributed by atoms with Crippen molar-refractivity contribution in [3.05, 3.63) is 35.2 Å². The minimum Gasteiger partial charge on any atom is -0.494 e. The van der Waals surface area contributed by atoms with E-state index >= 15 is 0 Å². The molecule has 0 radical (unpaired) electrons. The summed E-state index contributed by atoms with van der Waals surface area (Å²) in [6.07, 6.45) is 2.80. The lowest BCUT2D eigenvalue weighted by Gasteiger charge is -2.06. The van der Waals surface area contributed by atoms with E-state index in [2.05, 4.69) is 0 Å². The smallest absolute Gasteiger partial charge is 0.330 e. The molecular weight excluding hydrogens is 223 g/mol. The molecule has 0 fully saturated rings. The molecule has 0 aliphatic rings. The number of halogens is 1. The molecule has 0 spiro atoms. The summed E-state index contributed by atoms with van der Waals surface area (Å²) >= 11 is 0. The molecule has 1 aromatic carbocycles. The Morgan fingerprint density at radius 2 is 2.18 bits per heavy atom. The van der Waals surface area contributed by atoms with Crippen LogP contribution in [0.5, 0.6) is 5.75 Å². The molecule has 0 aliphatic carbocycles. The maximum Gasteiger partial charge on any atom is 0.330 e. The first-order valence-electron chi connectivity index (χ1n) is 5.28. The van der Waals surface area contributed by atoms with E-state index in [1.807, 2.05) is 0 Å². The number of carbonyl (C=O) groups excluding carboxylic acids is 1. The number of carbonyl (C=O) groups is 1. The van der Waals surface area contributed by atoms with E-state index < -0.39 is 11.8 Å². The van der Waals surface area contributed by atoms with Crippen LogP contribution < -0.4 is 4.74 Å². The first-order valence-corrected chi connectivity index (χ1v) is 5.28. The lowest BCUT2D eigenvalue weighted by Crippen LogP contribution is -1.99. The van der Waals surface area contributed by atoms with Gasteiger partial charge in [-0.2, -0.15) is 0 Å². The lowest BCUT2D eigenvalue weighted by molar-refractivity contribution is -0.137. The summed E-state index contributed by atoms with van der Waals surface area (Å²) in [5.74, 6) is -0.669. The van der Waals surface area contributed by atoms with Crippen LogP contribution in [-0.2, 0) is 9.53 Å². The predicted octanol–water partition coefficient (Wildman–Crippen LogP) is 2.72. The van der Waals surface area contributed by atoms with Crippen molar-refractivity contribution in [1.29, 1.82) is 0 Å². The normalized spacial score (nSPS) is 10.6. The Balaban J connectivity index is 2.93. The monoisotopic (exact) mass is 238 g/mol. The van der Waals surface area contributed by atoms with Gasteiger partial charge in [0.2, 0.25) is 0 Å². The average Bonchev–Trinajstić information content (AvgIpc) is 2.31. The van der Waals surface area contributed by atoms with Gasteiger partial charge in [0.15, 0.2) is 11.6 Å². The minimum absolute atomic E-state index is 0.191. The molecule has 0 bridgehead atoms. The largest absolute Gasteiger partial charge is 0.494 e. The van der Waals surface area contributed by atoms with Crippen LogP contribution in [0.15, 0.2) is 18.2 Å². The van der Waals surface area contributed by atoms with E-state index in [0.29, 0.717) is 17.7 Å². The summed E-state index contributed by atoms with van der Waals surface area (Å²) in [5.41, 5.74) is 1.06. The van der Waals surface area contributed by atoms with Crippen molar-refractivity contribution in [2.45, 2.75) is 13.8 Å². The van der Waals surface area contributed by atoms with Crippen molar-refractivity contribution in [2.24, 2.45) is 0 Å². The van der Waals surface area contributed by atoms with Crippen molar-refractivity contribution in [2.75, 3.05) is 13.7 Å². The molecule has 0 saturated carbocycles. The highest BCUT2D eigenvalue weighted by Gasteiger charge is 2.08. The number of esters is 1. The van der Waals surface area contributed by atoms with Crippen molar-refractivity contribution in [3.8, 4) is 5.75 Å². The highest BCUT2D eigenvalue weighted by Crippen LogP contribution is 2.23. The highest BCUT2D eigenvalue weighted by molar-refractivity contribution is 5.87. The molecule has 0 atom stereocenters. The molecule has 0 aliphatic heterocycles. The molecule has 1 rings (SSSR count). The van der Waals surface area contributed by atoms with E-state index in [1.165, 1.54) is 25.3 Å². The maximum absolute atomic E-state index is 13.7. The summed E-state index contributed by atoms with van der Waals surface area (Å²) in [6, 6.07) is 3.21. The SMILES string of the molecule is CCOC(=O)C=Cc1ccc(OC)c(F)c1C. The molecule has 3 nitrogen and oxygen atoms in total. The van der Waals surface area contributed by atoms with Gasteiger partial charge in [-0.25, -0.2) is 9.18 Å². The summed E-state index contributed by atoms with van der Waals surface area (Å²) in [5, 5.41) is 0. The van der Waals surface area contributed by atoms with Gasteiger partial charge in [0.05, 0.1) is 13.7 Å². The quantitative estimate of drug-likeness (QED) is 0.597. The number of ether oxygens (including phenoxy) is 2. The average molecular weight is 238 g/mol. The molecule has 17 heavy (non-hydrogen) atoms. The fourth-order valence-electron chi connectivity index (χ4n) is 1.36. The van der Waals surface area contributed by atoms with Gasteiger partial charge in [0.1, 0.15) is 0 Å². The Bertz CT molecular complexity index is 439. The van der Waals surface area contributed by atoms with Crippen molar-refractivity contribution >= 4 is 12.0 Å². The second-order valence-electron chi connectivity index (χ2n) is 3.38. The van der Waals surface area contributed by atoms with Crippen molar-refractivity contribution < 1.29 is 18.7 Å². The number of benzene rings is 1. The first kappa shape index (κ1) is 13.2. The standard InChI is InChI=1S/C13H15FO3/c1-4-17-12(15)8-6-10-5-7-11(16-3)13(14)9(10)2/h5-8H,4H2,1-3H3. The summed E-state index contributed by atoms with van der Waals surface area (Å²) in [4.78, 5) is 11.1. The van der Waals surface area contributed by atoms with Gasteiger partial charge >= 0.3 is 5.97 Å². The Labute approximate surface area is 99.9 Å². The van der Waals surface area contributed by atoms with Crippen LogP contribution in [0, 0.1) is 12.7 Å². The van der Waals surface area contributed by atoms with E-state index in [-0.39, 0.29) is 5.75 Å². The summed E-state index contributed by atoms with van der Waals surface area (Å²) in [6.45, 7) is 3.67. The third-order valence-electron chi connectivity index (χ3n) is 2.30. The van der Waals surface area contributed by atoms with Gasteiger partial charge < -0.3 is 9.47 Å². The molecule has 0 aromatic heterocycles.